The van der Waals surface area contributed by atoms with Crippen LogP contribution in [0.3, 0.4) is 0 Å². The lowest BCUT2D eigenvalue weighted by atomic mass is 10.1. The summed E-state index contributed by atoms with van der Waals surface area (Å²) < 4.78 is 26.0. The molecule has 0 atom stereocenters. The highest BCUT2D eigenvalue weighted by molar-refractivity contribution is 7.09. The molecular formula is C19H19NO4S. The third-order valence-corrected chi connectivity index (χ3v) is 4.68. The summed E-state index contributed by atoms with van der Waals surface area (Å²) in [4.78, 5) is 1.02. The maximum atomic E-state index is 5.42. The Morgan fingerprint density at radius 1 is 0.720 bits per heavy atom. The zero-order valence-electron chi connectivity index (χ0n) is 14.5. The Hall–Kier alpha value is -2.73. The van der Waals surface area contributed by atoms with Crippen molar-refractivity contribution < 1.29 is 18.9 Å². The molecule has 0 fully saturated rings. The van der Waals surface area contributed by atoms with Crippen LogP contribution in [-0.4, -0.2) is 32.8 Å². The average molecular weight is 357 g/mol. The molecule has 2 aromatic carbocycles. The van der Waals surface area contributed by atoms with Crippen molar-refractivity contribution in [2.45, 2.75) is 0 Å². The molecule has 1 heterocycles. The highest BCUT2D eigenvalue weighted by atomic mass is 32.1. The van der Waals surface area contributed by atoms with E-state index in [9.17, 15) is 0 Å². The van der Waals surface area contributed by atoms with Gasteiger partial charge in [0.05, 0.1) is 39.0 Å². The molecule has 0 bridgehead atoms. The Morgan fingerprint density at radius 3 is 1.88 bits per heavy atom. The number of ether oxygens (including phenoxy) is 4. The quantitative estimate of drug-likeness (QED) is 0.649. The van der Waals surface area contributed by atoms with Crippen molar-refractivity contribution in [1.82, 2.24) is 4.37 Å². The minimum absolute atomic E-state index is 0.577. The van der Waals surface area contributed by atoms with Crippen molar-refractivity contribution in [2.24, 2.45) is 0 Å². The summed E-state index contributed by atoms with van der Waals surface area (Å²) in [6.07, 6.45) is 0. The molecule has 6 heteroatoms. The maximum absolute atomic E-state index is 5.42. The summed E-state index contributed by atoms with van der Waals surface area (Å²) in [7, 11) is 6.46. The van der Waals surface area contributed by atoms with Crippen LogP contribution in [0.2, 0.25) is 0 Å². The minimum atomic E-state index is 0.577. The molecular weight excluding hydrogens is 338 g/mol. The van der Waals surface area contributed by atoms with Gasteiger partial charge in [0.25, 0.3) is 0 Å². The van der Waals surface area contributed by atoms with E-state index < -0.39 is 0 Å². The summed E-state index contributed by atoms with van der Waals surface area (Å²) >= 11 is 1.43. The standard InChI is InChI=1S/C19H19NO4S/c1-21-14-7-5-12(6-8-14)15-11-18(25-20-15)13-9-16(22-2)19(24-4)17(10-13)23-3/h5-11H,1-4H3. The number of hydrogen-bond acceptors (Lipinski definition) is 6. The lowest BCUT2D eigenvalue weighted by Crippen LogP contribution is -1.95. The number of benzene rings is 2. The van der Waals surface area contributed by atoms with Crippen LogP contribution in [0.5, 0.6) is 23.0 Å². The first-order chi connectivity index (χ1) is 12.2. The van der Waals surface area contributed by atoms with E-state index in [2.05, 4.69) is 4.37 Å². The first kappa shape index (κ1) is 17.1. The van der Waals surface area contributed by atoms with Gasteiger partial charge in [-0.25, -0.2) is 0 Å². The van der Waals surface area contributed by atoms with Crippen LogP contribution in [-0.2, 0) is 0 Å². The summed E-state index contributed by atoms with van der Waals surface area (Å²) in [5, 5.41) is 0. The molecule has 0 saturated heterocycles. The molecule has 0 N–H and O–H groups in total. The normalized spacial score (nSPS) is 10.4. The molecule has 25 heavy (non-hydrogen) atoms. The van der Waals surface area contributed by atoms with Crippen LogP contribution in [0.15, 0.2) is 42.5 Å². The summed E-state index contributed by atoms with van der Waals surface area (Å²) in [6, 6.07) is 13.7. The zero-order valence-corrected chi connectivity index (χ0v) is 15.3. The van der Waals surface area contributed by atoms with Gasteiger partial charge in [-0.05, 0) is 54.0 Å². The third-order valence-electron chi connectivity index (χ3n) is 3.85. The van der Waals surface area contributed by atoms with Gasteiger partial charge in [0.2, 0.25) is 5.75 Å². The van der Waals surface area contributed by atoms with Gasteiger partial charge in [-0.3, -0.25) is 0 Å². The van der Waals surface area contributed by atoms with Gasteiger partial charge in [0.15, 0.2) is 11.5 Å². The smallest absolute Gasteiger partial charge is 0.203 e. The highest BCUT2D eigenvalue weighted by Gasteiger charge is 2.16. The van der Waals surface area contributed by atoms with E-state index in [1.54, 1.807) is 28.4 Å². The largest absolute Gasteiger partial charge is 0.497 e. The number of hydrogen-bond donors (Lipinski definition) is 0. The number of methoxy groups -OCH3 is 4. The molecule has 0 spiro atoms. The fraction of sp³-hybridized carbons (Fsp3) is 0.211. The van der Waals surface area contributed by atoms with Gasteiger partial charge in [-0.1, -0.05) is 0 Å². The fourth-order valence-corrected chi connectivity index (χ4v) is 3.27. The molecule has 0 aliphatic carbocycles. The second-order valence-corrected chi connectivity index (χ2v) is 6.02. The molecule has 0 aliphatic heterocycles. The van der Waals surface area contributed by atoms with Crippen LogP contribution < -0.4 is 18.9 Å². The van der Waals surface area contributed by atoms with Crippen LogP contribution in [0.1, 0.15) is 0 Å². The van der Waals surface area contributed by atoms with E-state index in [-0.39, 0.29) is 0 Å². The lowest BCUT2D eigenvalue weighted by molar-refractivity contribution is 0.324. The van der Waals surface area contributed by atoms with E-state index in [4.69, 9.17) is 18.9 Å². The second kappa shape index (κ2) is 7.44. The van der Waals surface area contributed by atoms with Gasteiger partial charge in [0.1, 0.15) is 5.75 Å². The van der Waals surface area contributed by atoms with E-state index in [0.29, 0.717) is 17.2 Å². The molecule has 0 radical (unpaired) electrons. The molecule has 5 nitrogen and oxygen atoms in total. The molecule has 1 aromatic heterocycles. The molecule has 0 saturated carbocycles. The minimum Gasteiger partial charge on any atom is -0.497 e. The number of rotatable bonds is 6. The van der Waals surface area contributed by atoms with Crippen molar-refractivity contribution in [1.29, 1.82) is 0 Å². The Balaban J connectivity index is 1.98. The van der Waals surface area contributed by atoms with Gasteiger partial charge < -0.3 is 18.9 Å². The first-order valence-corrected chi connectivity index (χ1v) is 8.39. The van der Waals surface area contributed by atoms with Crippen molar-refractivity contribution in [3.8, 4) is 44.7 Å². The van der Waals surface area contributed by atoms with E-state index in [1.807, 2.05) is 42.5 Å². The third kappa shape index (κ3) is 3.39. The molecule has 0 amide bonds. The maximum Gasteiger partial charge on any atom is 0.203 e. The van der Waals surface area contributed by atoms with Gasteiger partial charge in [-0.15, -0.1) is 0 Å². The molecule has 3 rings (SSSR count). The van der Waals surface area contributed by atoms with Crippen molar-refractivity contribution in [2.75, 3.05) is 28.4 Å². The fourth-order valence-electron chi connectivity index (χ4n) is 2.53. The average Bonchev–Trinajstić information content (AvgIpc) is 3.17. The van der Waals surface area contributed by atoms with Gasteiger partial charge in [0, 0.05) is 11.1 Å². The van der Waals surface area contributed by atoms with Crippen LogP contribution in [0.25, 0.3) is 21.7 Å². The number of nitrogens with zero attached hydrogens (tertiary/aromatic N) is 1. The van der Waals surface area contributed by atoms with E-state index in [1.165, 1.54) is 11.5 Å². The lowest BCUT2D eigenvalue weighted by Gasteiger charge is -2.13. The Morgan fingerprint density at radius 2 is 1.36 bits per heavy atom. The van der Waals surface area contributed by atoms with Crippen LogP contribution in [0, 0.1) is 0 Å². The predicted molar refractivity (Wildman–Crippen MR) is 99.2 cm³/mol. The van der Waals surface area contributed by atoms with E-state index in [0.717, 1.165) is 27.4 Å². The molecule has 3 aromatic rings. The topological polar surface area (TPSA) is 49.8 Å². The van der Waals surface area contributed by atoms with Crippen molar-refractivity contribution in [3.63, 3.8) is 0 Å². The van der Waals surface area contributed by atoms with Crippen LogP contribution >= 0.6 is 11.5 Å². The summed E-state index contributed by atoms with van der Waals surface area (Å²) in [6.45, 7) is 0. The van der Waals surface area contributed by atoms with Crippen molar-refractivity contribution >= 4 is 11.5 Å². The monoisotopic (exact) mass is 357 g/mol. The molecule has 0 unspecified atom stereocenters. The van der Waals surface area contributed by atoms with Crippen molar-refractivity contribution in [3.05, 3.63) is 42.5 Å². The second-order valence-electron chi connectivity index (χ2n) is 5.22. The van der Waals surface area contributed by atoms with E-state index >= 15 is 0 Å². The zero-order chi connectivity index (χ0) is 17.8. The van der Waals surface area contributed by atoms with Gasteiger partial charge >= 0.3 is 0 Å². The number of aromatic nitrogens is 1. The molecule has 0 aliphatic rings. The Kier molecular flexibility index (Phi) is 5.09. The first-order valence-electron chi connectivity index (χ1n) is 7.61. The summed E-state index contributed by atoms with van der Waals surface area (Å²) in [5.74, 6) is 2.64. The summed E-state index contributed by atoms with van der Waals surface area (Å²) in [5.41, 5.74) is 2.92. The highest BCUT2D eigenvalue weighted by Crippen LogP contribution is 2.42. The van der Waals surface area contributed by atoms with Crippen LogP contribution in [0.4, 0.5) is 0 Å². The predicted octanol–water partition coefficient (Wildman–Crippen LogP) is 4.51. The Labute approximate surface area is 150 Å². The molecule has 130 valence electrons. The SMILES string of the molecule is COc1ccc(-c2cc(-c3cc(OC)c(OC)c(OC)c3)sn2)cc1. The van der Waals surface area contributed by atoms with Gasteiger partial charge in [-0.2, -0.15) is 4.37 Å². The Bertz CT molecular complexity index is 833.